The molecule has 7 heteroatoms. The third-order valence-corrected chi connectivity index (χ3v) is 3.95. The van der Waals surface area contributed by atoms with Crippen LogP contribution in [0.3, 0.4) is 0 Å². The molecule has 0 aliphatic rings. The molecule has 3 rings (SSSR count). The molecule has 2 aromatic carbocycles. The van der Waals surface area contributed by atoms with Crippen LogP contribution in [0.4, 0.5) is 4.39 Å². The topological polar surface area (TPSA) is 80.3 Å². The van der Waals surface area contributed by atoms with Gasteiger partial charge in [-0.05, 0) is 43.2 Å². The third kappa shape index (κ3) is 4.25. The van der Waals surface area contributed by atoms with Gasteiger partial charge in [0.15, 0.2) is 11.6 Å². The van der Waals surface area contributed by atoms with Gasteiger partial charge in [-0.2, -0.15) is 5.26 Å². The smallest absolute Gasteiger partial charge is 0.193 e. The fraction of sp³-hybridized carbons (Fsp3) is 0.200. The molecule has 0 unspecified atom stereocenters. The highest BCUT2D eigenvalue weighted by atomic mass is 19.1. The van der Waals surface area contributed by atoms with Gasteiger partial charge in [-0.1, -0.05) is 29.1 Å². The van der Waals surface area contributed by atoms with Crippen LogP contribution >= 0.6 is 0 Å². The maximum Gasteiger partial charge on any atom is 0.193 e. The summed E-state index contributed by atoms with van der Waals surface area (Å²) in [6.45, 7) is 1.78. The molecule has 0 spiro atoms. The molecule has 1 N–H and O–H groups in total. The van der Waals surface area contributed by atoms with Crippen molar-refractivity contribution in [2.75, 3.05) is 6.61 Å². The van der Waals surface area contributed by atoms with Crippen LogP contribution in [0.5, 0.6) is 11.5 Å². The van der Waals surface area contributed by atoms with Gasteiger partial charge in [0.2, 0.25) is 0 Å². The lowest BCUT2D eigenvalue weighted by Crippen LogP contribution is -2.14. The predicted molar refractivity (Wildman–Crippen MR) is 95.7 cm³/mol. The highest BCUT2D eigenvalue weighted by molar-refractivity contribution is 5.38. The largest absolute Gasteiger partial charge is 0.487 e. The number of aliphatic hydroxyl groups is 1. The quantitative estimate of drug-likeness (QED) is 0.694. The Morgan fingerprint density at radius 2 is 1.93 bits per heavy atom. The number of nitriles is 1. The van der Waals surface area contributed by atoms with Crippen molar-refractivity contribution < 1.29 is 19.1 Å². The zero-order chi connectivity index (χ0) is 19.2. The van der Waals surface area contributed by atoms with Gasteiger partial charge in [-0.3, -0.25) is 0 Å². The molecule has 0 amide bonds. The first-order valence-corrected chi connectivity index (χ1v) is 8.36. The summed E-state index contributed by atoms with van der Waals surface area (Å²) in [6.07, 6.45) is 0.571. The summed E-state index contributed by atoms with van der Waals surface area (Å²) in [6, 6.07) is 15.3. The van der Waals surface area contributed by atoms with Gasteiger partial charge >= 0.3 is 0 Å². The van der Waals surface area contributed by atoms with Gasteiger partial charge in [-0.25, -0.2) is 4.39 Å². The normalized spacial score (nSPS) is 10.4. The number of aryl methyl sites for hydroxylation is 1. The number of para-hydroxylation sites is 1. The van der Waals surface area contributed by atoms with Crippen molar-refractivity contribution in [3.05, 3.63) is 76.9 Å². The zero-order valence-electron chi connectivity index (χ0n) is 14.7. The van der Waals surface area contributed by atoms with E-state index in [2.05, 4.69) is 11.2 Å². The van der Waals surface area contributed by atoms with Crippen LogP contribution in [0.2, 0.25) is 0 Å². The predicted octanol–water partition coefficient (Wildman–Crippen LogP) is 3.16. The highest BCUT2D eigenvalue weighted by Crippen LogP contribution is 2.21. The molecule has 6 nitrogen and oxygen atoms in total. The van der Waals surface area contributed by atoms with Crippen molar-refractivity contribution in [2.45, 2.75) is 20.0 Å². The van der Waals surface area contributed by atoms with Crippen molar-refractivity contribution in [1.29, 1.82) is 5.26 Å². The highest BCUT2D eigenvalue weighted by Gasteiger charge is 2.18. The average molecular weight is 367 g/mol. The molecule has 0 fully saturated rings. The second-order valence-electron chi connectivity index (χ2n) is 5.82. The van der Waals surface area contributed by atoms with E-state index < -0.39 is 5.82 Å². The second-order valence-corrected chi connectivity index (χ2v) is 5.82. The Kier molecular flexibility index (Phi) is 5.69. The molecule has 0 aliphatic heterocycles. The lowest BCUT2D eigenvalue weighted by molar-refractivity contribution is 0.145. The van der Waals surface area contributed by atoms with E-state index in [9.17, 15) is 9.65 Å². The van der Waals surface area contributed by atoms with Crippen LogP contribution < -0.4 is 9.57 Å². The molecule has 0 saturated carbocycles. The first-order valence-electron chi connectivity index (χ1n) is 8.36. The van der Waals surface area contributed by atoms with E-state index in [4.69, 9.17) is 14.7 Å². The number of aliphatic hydroxyl groups excluding tert-OH is 1. The SMILES string of the molecule is Cc1nn(Oc2ccccc2F)c(COc2ccc(CCO)cc2)c1C#N. The lowest BCUT2D eigenvalue weighted by Gasteiger charge is -2.11. The van der Waals surface area contributed by atoms with E-state index in [1.165, 1.54) is 12.1 Å². The van der Waals surface area contributed by atoms with Crippen LogP contribution in [0.1, 0.15) is 22.5 Å². The average Bonchev–Trinajstić information content (AvgIpc) is 2.97. The summed E-state index contributed by atoms with van der Waals surface area (Å²) < 4.78 is 19.6. The number of rotatable bonds is 7. The van der Waals surface area contributed by atoms with Crippen molar-refractivity contribution in [2.24, 2.45) is 0 Å². The van der Waals surface area contributed by atoms with Crippen molar-refractivity contribution >= 4 is 0 Å². The van der Waals surface area contributed by atoms with Gasteiger partial charge < -0.3 is 14.7 Å². The van der Waals surface area contributed by atoms with Gasteiger partial charge in [0.1, 0.15) is 29.7 Å². The van der Waals surface area contributed by atoms with E-state index in [-0.39, 0.29) is 19.0 Å². The molecule has 0 saturated heterocycles. The molecule has 0 aliphatic carbocycles. The van der Waals surface area contributed by atoms with Gasteiger partial charge in [-0.15, -0.1) is 5.10 Å². The van der Waals surface area contributed by atoms with Crippen molar-refractivity contribution in [3.8, 4) is 17.6 Å². The molecular formula is C20H18FN3O3. The fourth-order valence-corrected chi connectivity index (χ4v) is 2.54. The molecule has 0 radical (unpaired) electrons. The van der Waals surface area contributed by atoms with E-state index in [1.807, 2.05) is 12.1 Å². The number of nitrogens with zero attached hydrogens (tertiary/aromatic N) is 3. The first-order chi connectivity index (χ1) is 13.1. The Balaban J connectivity index is 1.81. The van der Waals surface area contributed by atoms with E-state index in [0.29, 0.717) is 29.1 Å². The molecule has 0 bridgehead atoms. The summed E-state index contributed by atoms with van der Waals surface area (Å²) in [4.78, 5) is 6.63. The third-order valence-electron chi connectivity index (χ3n) is 3.95. The Bertz CT molecular complexity index is 962. The first kappa shape index (κ1) is 18.4. The van der Waals surface area contributed by atoms with Gasteiger partial charge in [0.25, 0.3) is 0 Å². The number of hydrogen-bond donors (Lipinski definition) is 1. The molecular weight excluding hydrogens is 349 g/mol. The fourth-order valence-electron chi connectivity index (χ4n) is 2.54. The summed E-state index contributed by atoms with van der Waals surface area (Å²) in [5.74, 6) is 0.0615. The minimum atomic E-state index is -0.532. The number of ether oxygens (including phenoxy) is 1. The van der Waals surface area contributed by atoms with E-state index >= 15 is 0 Å². The summed E-state index contributed by atoms with van der Waals surface area (Å²) in [7, 11) is 0. The molecule has 1 aromatic heterocycles. The number of hydrogen-bond acceptors (Lipinski definition) is 5. The number of aromatic nitrogens is 2. The minimum absolute atomic E-state index is 0.000837. The van der Waals surface area contributed by atoms with Gasteiger partial charge in [0, 0.05) is 6.61 Å². The second kappa shape index (κ2) is 8.34. The maximum absolute atomic E-state index is 13.9. The summed E-state index contributed by atoms with van der Waals surface area (Å²) in [5.41, 5.74) is 2.16. The summed E-state index contributed by atoms with van der Waals surface area (Å²) in [5, 5.41) is 22.5. The van der Waals surface area contributed by atoms with Crippen LogP contribution in [0, 0.1) is 24.1 Å². The molecule has 1 heterocycles. The van der Waals surface area contributed by atoms with Gasteiger partial charge in [0.05, 0.1) is 5.69 Å². The molecule has 138 valence electrons. The van der Waals surface area contributed by atoms with Crippen LogP contribution in [-0.4, -0.2) is 21.7 Å². The molecule has 3 aromatic rings. The van der Waals surface area contributed by atoms with E-state index in [0.717, 1.165) is 10.4 Å². The Morgan fingerprint density at radius 1 is 1.19 bits per heavy atom. The Labute approximate surface area is 156 Å². The molecule has 0 atom stereocenters. The molecule has 27 heavy (non-hydrogen) atoms. The van der Waals surface area contributed by atoms with Crippen molar-refractivity contribution in [1.82, 2.24) is 9.94 Å². The monoisotopic (exact) mass is 367 g/mol. The van der Waals surface area contributed by atoms with E-state index in [1.54, 1.807) is 31.2 Å². The van der Waals surface area contributed by atoms with Crippen molar-refractivity contribution in [3.63, 3.8) is 0 Å². The Hall–Kier alpha value is -3.37. The summed E-state index contributed by atoms with van der Waals surface area (Å²) >= 11 is 0. The zero-order valence-corrected chi connectivity index (χ0v) is 14.7. The standard InChI is InChI=1S/C20H18FN3O3/c1-14-17(12-22)19(13-26-16-8-6-15(7-9-16)10-11-25)24(23-14)27-20-5-3-2-4-18(20)21/h2-9,25H,10-11,13H2,1H3. The number of benzene rings is 2. The van der Waals surface area contributed by atoms with Crippen LogP contribution in [-0.2, 0) is 13.0 Å². The number of halogens is 1. The maximum atomic E-state index is 13.9. The van der Waals surface area contributed by atoms with Crippen LogP contribution in [0.15, 0.2) is 48.5 Å². The Morgan fingerprint density at radius 3 is 2.59 bits per heavy atom. The lowest BCUT2D eigenvalue weighted by atomic mass is 10.1. The van der Waals surface area contributed by atoms with Crippen LogP contribution in [0.25, 0.3) is 0 Å². The minimum Gasteiger partial charge on any atom is -0.487 e.